The number of carbonyl (C=O) groups excluding carboxylic acids is 1. The lowest BCUT2D eigenvalue weighted by molar-refractivity contribution is -0.137. The standard InChI is InChI=1S/C20H17F5N2O2/c1-12(19(11-29-19)16-7-4-14(21)10-17(16)22)26-8-9-27(18(26)28)15-5-2-13(3-6-15)20(23,24)25/h2-7,10,12H,8-9,11H2,1H3/t12-,19+/m1/s1. The van der Waals surface area contributed by atoms with E-state index in [0.717, 1.165) is 24.3 Å². The van der Waals surface area contributed by atoms with Gasteiger partial charge in [0.1, 0.15) is 17.2 Å². The summed E-state index contributed by atoms with van der Waals surface area (Å²) in [7, 11) is 0. The molecule has 154 valence electrons. The zero-order chi connectivity index (χ0) is 21.0. The van der Waals surface area contributed by atoms with Gasteiger partial charge in [-0.05, 0) is 37.3 Å². The fourth-order valence-corrected chi connectivity index (χ4v) is 3.77. The fourth-order valence-electron chi connectivity index (χ4n) is 3.77. The molecule has 0 saturated carbocycles. The Morgan fingerprint density at radius 3 is 2.28 bits per heavy atom. The number of hydrogen-bond acceptors (Lipinski definition) is 2. The number of carbonyl (C=O) groups is 1. The molecular formula is C20H17F5N2O2. The maximum absolute atomic E-state index is 14.3. The molecule has 2 fully saturated rings. The quantitative estimate of drug-likeness (QED) is 0.546. The molecule has 2 aromatic rings. The molecule has 2 aliphatic rings. The molecule has 0 bridgehead atoms. The minimum atomic E-state index is -4.46. The Morgan fingerprint density at radius 1 is 1.07 bits per heavy atom. The lowest BCUT2D eigenvalue weighted by Crippen LogP contribution is -2.45. The van der Waals surface area contributed by atoms with E-state index in [1.807, 2.05) is 0 Å². The van der Waals surface area contributed by atoms with Crippen LogP contribution in [0.15, 0.2) is 42.5 Å². The van der Waals surface area contributed by atoms with Crippen LogP contribution in [0.5, 0.6) is 0 Å². The number of rotatable bonds is 4. The average molecular weight is 412 g/mol. The fraction of sp³-hybridized carbons (Fsp3) is 0.350. The SMILES string of the molecule is C[C@@H](N1CCN(c2ccc(C(F)(F)F)cc2)C1=O)[C@]1(c2ccc(F)cc2F)CO1. The first-order valence-electron chi connectivity index (χ1n) is 8.98. The number of epoxide rings is 1. The normalized spacial score (nSPS) is 22.9. The Morgan fingerprint density at radius 2 is 1.72 bits per heavy atom. The van der Waals surface area contributed by atoms with Gasteiger partial charge in [-0.15, -0.1) is 0 Å². The van der Waals surface area contributed by atoms with Gasteiger partial charge < -0.3 is 9.64 Å². The molecule has 0 aliphatic carbocycles. The van der Waals surface area contributed by atoms with Crippen molar-refractivity contribution in [1.82, 2.24) is 4.90 Å². The van der Waals surface area contributed by atoms with Crippen LogP contribution >= 0.6 is 0 Å². The van der Waals surface area contributed by atoms with Crippen LogP contribution in [-0.4, -0.2) is 36.7 Å². The van der Waals surface area contributed by atoms with E-state index in [-0.39, 0.29) is 18.7 Å². The highest BCUT2D eigenvalue weighted by molar-refractivity contribution is 5.94. The second-order valence-corrected chi connectivity index (χ2v) is 7.15. The van der Waals surface area contributed by atoms with Crippen molar-refractivity contribution in [2.45, 2.75) is 24.7 Å². The lowest BCUT2D eigenvalue weighted by atomic mass is 9.91. The smallest absolute Gasteiger partial charge is 0.362 e. The van der Waals surface area contributed by atoms with Crippen LogP contribution in [0.3, 0.4) is 0 Å². The molecule has 2 saturated heterocycles. The summed E-state index contributed by atoms with van der Waals surface area (Å²) in [5.41, 5.74) is -1.34. The number of alkyl halides is 3. The molecule has 0 radical (unpaired) electrons. The maximum Gasteiger partial charge on any atom is 0.416 e. The molecule has 0 N–H and O–H groups in total. The van der Waals surface area contributed by atoms with E-state index in [0.29, 0.717) is 12.2 Å². The number of benzene rings is 2. The molecule has 2 aliphatic heterocycles. The molecule has 0 aromatic heterocycles. The Kier molecular flexibility index (Phi) is 4.53. The van der Waals surface area contributed by atoms with Crippen molar-refractivity contribution in [2.75, 3.05) is 24.6 Å². The van der Waals surface area contributed by atoms with Gasteiger partial charge in [0.15, 0.2) is 0 Å². The Hall–Kier alpha value is -2.68. The number of hydrogen-bond donors (Lipinski definition) is 0. The summed E-state index contributed by atoms with van der Waals surface area (Å²) in [6, 6.07) is 6.60. The average Bonchev–Trinajstić information content (AvgIpc) is 3.37. The predicted octanol–water partition coefficient (Wildman–Crippen LogP) is 4.54. The minimum absolute atomic E-state index is 0.173. The third-order valence-electron chi connectivity index (χ3n) is 5.53. The number of anilines is 1. The molecule has 4 nitrogen and oxygen atoms in total. The van der Waals surface area contributed by atoms with Gasteiger partial charge in [0.25, 0.3) is 0 Å². The highest BCUT2D eigenvalue weighted by atomic mass is 19.4. The lowest BCUT2D eigenvalue weighted by Gasteiger charge is -2.30. The van der Waals surface area contributed by atoms with Gasteiger partial charge in [0, 0.05) is 30.4 Å². The molecule has 4 rings (SSSR count). The number of urea groups is 1. The van der Waals surface area contributed by atoms with Gasteiger partial charge in [-0.3, -0.25) is 4.90 Å². The number of amides is 2. The second-order valence-electron chi connectivity index (χ2n) is 7.15. The van der Waals surface area contributed by atoms with Crippen LogP contribution < -0.4 is 4.90 Å². The van der Waals surface area contributed by atoms with Crippen LogP contribution in [0.25, 0.3) is 0 Å². The highest BCUT2D eigenvalue weighted by Crippen LogP contribution is 2.46. The van der Waals surface area contributed by atoms with Gasteiger partial charge in [-0.25, -0.2) is 13.6 Å². The zero-order valence-electron chi connectivity index (χ0n) is 15.3. The Labute approximate surface area is 163 Å². The van der Waals surface area contributed by atoms with Crippen LogP contribution in [0, 0.1) is 11.6 Å². The molecule has 2 heterocycles. The summed E-state index contributed by atoms with van der Waals surface area (Å²) >= 11 is 0. The van der Waals surface area contributed by atoms with E-state index in [1.54, 1.807) is 6.92 Å². The van der Waals surface area contributed by atoms with Crippen LogP contribution in [0.1, 0.15) is 18.1 Å². The van der Waals surface area contributed by atoms with Crippen molar-refractivity contribution < 1.29 is 31.5 Å². The molecular weight excluding hydrogens is 395 g/mol. The van der Waals surface area contributed by atoms with Gasteiger partial charge in [0.2, 0.25) is 0 Å². The second kappa shape index (κ2) is 6.69. The van der Waals surface area contributed by atoms with Gasteiger partial charge >= 0.3 is 12.2 Å². The molecule has 2 amide bonds. The van der Waals surface area contributed by atoms with Crippen molar-refractivity contribution >= 4 is 11.7 Å². The Bertz CT molecular complexity index is 941. The van der Waals surface area contributed by atoms with Crippen molar-refractivity contribution in [2.24, 2.45) is 0 Å². The van der Waals surface area contributed by atoms with E-state index in [2.05, 4.69) is 0 Å². The predicted molar refractivity (Wildman–Crippen MR) is 94.3 cm³/mol. The first-order chi connectivity index (χ1) is 13.6. The summed E-state index contributed by atoms with van der Waals surface area (Å²) in [6.07, 6.45) is -4.46. The van der Waals surface area contributed by atoms with Crippen molar-refractivity contribution in [3.05, 3.63) is 65.2 Å². The van der Waals surface area contributed by atoms with E-state index in [1.165, 1.54) is 28.0 Å². The van der Waals surface area contributed by atoms with Gasteiger partial charge in [-0.1, -0.05) is 6.07 Å². The summed E-state index contributed by atoms with van der Waals surface area (Å²) in [5.74, 6) is -1.46. The van der Waals surface area contributed by atoms with Crippen molar-refractivity contribution in [3.8, 4) is 0 Å². The summed E-state index contributed by atoms with van der Waals surface area (Å²) < 4.78 is 71.3. The van der Waals surface area contributed by atoms with Gasteiger partial charge in [0.05, 0.1) is 18.2 Å². The molecule has 9 heteroatoms. The largest absolute Gasteiger partial charge is 0.416 e. The zero-order valence-corrected chi connectivity index (χ0v) is 15.3. The van der Waals surface area contributed by atoms with Crippen LogP contribution in [0.4, 0.5) is 32.4 Å². The Balaban J connectivity index is 1.54. The first-order valence-corrected chi connectivity index (χ1v) is 8.98. The van der Waals surface area contributed by atoms with Crippen molar-refractivity contribution in [1.29, 1.82) is 0 Å². The molecule has 2 atom stereocenters. The third-order valence-corrected chi connectivity index (χ3v) is 5.53. The first kappa shape index (κ1) is 19.6. The summed E-state index contributed by atoms with van der Waals surface area (Å²) in [6.45, 7) is 2.47. The molecule has 29 heavy (non-hydrogen) atoms. The molecule has 0 unspecified atom stereocenters. The number of ether oxygens (including phenoxy) is 1. The topological polar surface area (TPSA) is 36.1 Å². The number of halogens is 5. The van der Waals surface area contributed by atoms with E-state index >= 15 is 0 Å². The highest BCUT2D eigenvalue weighted by Gasteiger charge is 2.56. The van der Waals surface area contributed by atoms with E-state index < -0.39 is 41.0 Å². The van der Waals surface area contributed by atoms with E-state index in [4.69, 9.17) is 4.74 Å². The van der Waals surface area contributed by atoms with E-state index in [9.17, 15) is 26.7 Å². The third kappa shape index (κ3) is 3.33. The monoisotopic (exact) mass is 412 g/mol. The van der Waals surface area contributed by atoms with Crippen molar-refractivity contribution in [3.63, 3.8) is 0 Å². The van der Waals surface area contributed by atoms with Gasteiger partial charge in [-0.2, -0.15) is 13.2 Å². The summed E-state index contributed by atoms with van der Waals surface area (Å²) in [5, 5.41) is 0. The number of nitrogens with zero attached hydrogens (tertiary/aromatic N) is 2. The van der Waals surface area contributed by atoms with Crippen LogP contribution in [-0.2, 0) is 16.5 Å². The summed E-state index contributed by atoms with van der Waals surface area (Å²) in [4.78, 5) is 15.8. The molecule has 0 spiro atoms. The van der Waals surface area contributed by atoms with Crippen LogP contribution in [0.2, 0.25) is 0 Å². The maximum atomic E-state index is 14.3. The minimum Gasteiger partial charge on any atom is -0.362 e. The molecule has 2 aromatic carbocycles.